The van der Waals surface area contributed by atoms with E-state index in [4.69, 9.17) is 5.73 Å². The summed E-state index contributed by atoms with van der Waals surface area (Å²) in [7, 11) is 0. The van der Waals surface area contributed by atoms with Crippen LogP contribution in [0.5, 0.6) is 0 Å². The molecule has 0 aliphatic carbocycles. The number of nitrogen functional groups attached to an aromatic ring is 1. The van der Waals surface area contributed by atoms with Gasteiger partial charge < -0.3 is 5.73 Å². The van der Waals surface area contributed by atoms with Gasteiger partial charge in [0, 0.05) is 30.8 Å². The maximum Gasteiger partial charge on any atom is 0.143 e. The first-order chi connectivity index (χ1) is 9.62. The van der Waals surface area contributed by atoms with Crippen molar-refractivity contribution in [1.82, 2.24) is 9.78 Å². The van der Waals surface area contributed by atoms with E-state index in [1.807, 2.05) is 41.9 Å². The van der Waals surface area contributed by atoms with Crippen molar-refractivity contribution in [2.75, 3.05) is 5.73 Å². The van der Waals surface area contributed by atoms with Crippen LogP contribution < -0.4 is 5.73 Å². The van der Waals surface area contributed by atoms with E-state index < -0.39 is 0 Å². The van der Waals surface area contributed by atoms with Crippen LogP contribution in [-0.2, 0) is 30.6 Å². The molecule has 0 radical (unpaired) electrons. The summed E-state index contributed by atoms with van der Waals surface area (Å²) in [4.78, 5) is 12.2. The van der Waals surface area contributed by atoms with Gasteiger partial charge >= 0.3 is 0 Å². The van der Waals surface area contributed by atoms with Crippen molar-refractivity contribution in [3.63, 3.8) is 0 Å². The van der Waals surface area contributed by atoms with Crippen LogP contribution in [0.15, 0.2) is 30.3 Å². The van der Waals surface area contributed by atoms with Gasteiger partial charge in [-0.05, 0) is 37.1 Å². The van der Waals surface area contributed by atoms with Gasteiger partial charge in [-0.1, -0.05) is 19.1 Å². The average Bonchev–Trinajstić information content (AvgIpc) is 2.80. The minimum atomic E-state index is 0.188. The summed E-state index contributed by atoms with van der Waals surface area (Å²) in [6.45, 7) is 4.90. The summed E-state index contributed by atoms with van der Waals surface area (Å²) < 4.78 is 1.91. The van der Waals surface area contributed by atoms with Crippen LogP contribution in [0.3, 0.4) is 0 Å². The predicted molar refractivity (Wildman–Crippen MR) is 80.5 cm³/mol. The first kappa shape index (κ1) is 14.3. The van der Waals surface area contributed by atoms with Gasteiger partial charge in [0.05, 0.1) is 5.69 Å². The lowest BCUT2D eigenvalue weighted by Gasteiger charge is -2.05. The molecule has 0 unspecified atom stereocenters. The highest BCUT2D eigenvalue weighted by Gasteiger charge is 2.11. The van der Waals surface area contributed by atoms with E-state index in [0.717, 1.165) is 29.9 Å². The number of ketones is 1. The molecule has 0 aliphatic rings. The summed E-state index contributed by atoms with van der Waals surface area (Å²) >= 11 is 0. The van der Waals surface area contributed by atoms with Crippen molar-refractivity contribution in [2.24, 2.45) is 0 Å². The molecule has 0 amide bonds. The maximum atomic E-state index is 12.2. The molecule has 1 aromatic heterocycles. The molecule has 0 saturated heterocycles. The van der Waals surface area contributed by atoms with Crippen molar-refractivity contribution in [3.8, 4) is 0 Å². The van der Waals surface area contributed by atoms with E-state index in [9.17, 15) is 4.79 Å². The third-order valence-electron chi connectivity index (χ3n) is 3.31. The lowest BCUT2D eigenvalue weighted by molar-refractivity contribution is -0.117. The fourth-order valence-corrected chi connectivity index (χ4v) is 2.30. The van der Waals surface area contributed by atoms with Crippen LogP contribution in [0, 0.1) is 0 Å². The lowest BCUT2D eigenvalue weighted by Crippen LogP contribution is -2.11. The summed E-state index contributed by atoms with van der Waals surface area (Å²) in [6, 6.07) is 9.52. The molecule has 0 saturated carbocycles. The highest BCUT2D eigenvalue weighted by atomic mass is 16.1. The molecule has 2 N–H and O–H groups in total. The van der Waals surface area contributed by atoms with Crippen LogP contribution in [0.2, 0.25) is 0 Å². The second-order valence-electron chi connectivity index (χ2n) is 4.93. The molecule has 0 bridgehead atoms. The largest absolute Gasteiger partial charge is 0.399 e. The number of anilines is 1. The van der Waals surface area contributed by atoms with E-state index in [-0.39, 0.29) is 5.78 Å². The number of carbonyl (C=O) groups is 1. The van der Waals surface area contributed by atoms with Crippen LogP contribution in [0.25, 0.3) is 0 Å². The van der Waals surface area contributed by atoms with Gasteiger partial charge in [-0.3, -0.25) is 9.48 Å². The molecule has 0 aliphatic heterocycles. The van der Waals surface area contributed by atoms with Crippen LogP contribution >= 0.6 is 0 Å². The Morgan fingerprint density at radius 3 is 2.70 bits per heavy atom. The second kappa shape index (κ2) is 6.37. The predicted octanol–water partition coefficient (Wildman–Crippen LogP) is 2.40. The number of hydrogen-bond acceptors (Lipinski definition) is 3. The molecule has 4 heteroatoms. The first-order valence-electron chi connectivity index (χ1n) is 7.04. The first-order valence-corrected chi connectivity index (χ1v) is 7.04. The Hall–Kier alpha value is -2.10. The number of aromatic nitrogens is 2. The Bertz CT molecular complexity index is 602. The van der Waals surface area contributed by atoms with E-state index >= 15 is 0 Å². The topological polar surface area (TPSA) is 60.9 Å². The number of aryl methyl sites for hydroxylation is 2. The third kappa shape index (κ3) is 3.47. The zero-order valence-electron chi connectivity index (χ0n) is 12.1. The van der Waals surface area contributed by atoms with Crippen LogP contribution in [0.4, 0.5) is 5.69 Å². The smallest absolute Gasteiger partial charge is 0.143 e. The zero-order valence-corrected chi connectivity index (χ0v) is 12.1. The molecule has 2 rings (SSSR count). The highest BCUT2D eigenvalue weighted by Crippen LogP contribution is 2.11. The number of carbonyl (C=O) groups excluding carboxylic acids is 1. The van der Waals surface area contributed by atoms with Crippen LogP contribution in [-0.4, -0.2) is 15.6 Å². The molecule has 0 fully saturated rings. The molecule has 0 atom stereocenters. The molecule has 0 spiro atoms. The van der Waals surface area contributed by atoms with Gasteiger partial charge in [0.15, 0.2) is 0 Å². The van der Waals surface area contributed by atoms with Crippen molar-refractivity contribution in [2.45, 2.75) is 39.7 Å². The number of nitrogens with zero attached hydrogens (tertiary/aromatic N) is 2. The van der Waals surface area contributed by atoms with Crippen molar-refractivity contribution < 1.29 is 4.79 Å². The molecular weight excluding hydrogens is 250 g/mol. The van der Waals surface area contributed by atoms with Gasteiger partial charge in [-0.2, -0.15) is 5.10 Å². The Balaban J connectivity index is 2.06. The Morgan fingerprint density at radius 1 is 1.25 bits per heavy atom. The normalized spacial score (nSPS) is 10.7. The summed E-state index contributed by atoms with van der Waals surface area (Å²) in [6.07, 6.45) is 1.74. The van der Waals surface area contributed by atoms with Crippen molar-refractivity contribution in [1.29, 1.82) is 0 Å². The minimum absolute atomic E-state index is 0.188. The summed E-state index contributed by atoms with van der Waals surface area (Å²) in [5.41, 5.74) is 9.43. The molecule has 1 aromatic carbocycles. The quantitative estimate of drug-likeness (QED) is 0.821. The van der Waals surface area contributed by atoms with Crippen molar-refractivity contribution >= 4 is 11.5 Å². The van der Waals surface area contributed by atoms with E-state index in [2.05, 4.69) is 12.0 Å². The molecule has 4 nitrogen and oxygen atoms in total. The molecule has 20 heavy (non-hydrogen) atoms. The highest BCUT2D eigenvalue weighted by molar-refractivity contribution is 5.83. The zero-order chi connectivity index (χ0) is 14.5. The molecule has 106 valence electrons. The minimum Gasteiger partial charge on any atom is -0.399 e. The standard InChI is InChI=1S/C16H21N3O/c1-3-14-10-15(19(4-2)18-14)11-16(20)9-12-6-5-7-13(17)8-12/h5-8,10H,3-4,9,11,17H2,1-2H3. The fourth-order valence-electron chi connectivity index (χ4n) is 2.30. The van der Waals surface area contributed by atoms with Crippen molar-refractivity contribution in [3.05, 3.63) is 47.3 Å². The van der Waals surface area contributed by atoms with Gasteiger partial charge in [0.1, 0.15) is 5.78 Å². The van der Waals surface area contributed by atoms with Gasteiger partial charge in [-0.25, -0.2) is 0 Å². The number of hydrogen-bond donors (Lipinski definition) is 1. The SMILES string of the molecule is CCc1cc(CC(=O)Cc2cccc(N)c2)n(CC)n1. The fraction of sp³-hybridized carbons (Fsp3) is 0.375. The van der Waals surface area contributed by atoms with E-state index in [0.29, 0.717) is 18.5 Å². The number of nitrogens with two attached hydrogens (primary N) is 1. The lowest BCUT2D eigenvalue weighted by atomic mass is 10.0. The van der Waals surface area contributed by atoms with Crippen LogP contribution in [0.1, 0.15) is 30.8 Å². The van der Waals surface area contributed by atoms with E-state index in [1.54, 1.807) is 0 Å². The number of Topliss-reactive ketones (excluding diaryl/α,β-unsaturated/α-hetero) is 1. The van der Waals surface area contributed by atoms with Gasteiger partial charge in [-0.15, -0.1) is 0 Å². The Kier molecular flexibility index (Phi) is 4.56. The summed E-state index contributed by atoms with van der Waals surface area (Å²) in [5, 5.41) is 4.47. The Labute approximate surface area is 119 Å². The average molecular weight is 271 g/mol. The summed E-state index contributed by atoms with van der Waals surface area (Å²) in [5.74, 6) is 0.188. The number of benzene rings is 1. The molecular formula is C16H21N3O. The number of rotatable bonds is 6. The maximum absolute atomic E-state index is 12.2. The van der Waals surface area contributed by atoms with E-state index in [1.165, 1.54) is 0 Å². The monoisotopic (exact) mass is 271 g/mol. The molecule has 2 aromatic rings. The molecule has 1 heterocycles. The third-order valence-corrected chi connectivity index (χ3v) is 3.31. The Morgan fingerprint density at radius 2 is 2.05 bits per heavy atom. The van der Waals surface area contributed by atoms with Gasteiger partial charge in [0.2, 0.25) is 0 Å². The second-order valence-corrected chi connectivity index (χ2v) is 4.93. The van der Waals surface area contributed by atoms with Gasteiger partial charge in [0.25, 0.3) is 0 Å².